The zero-order chi connectivity index (χ0) is 21.0. The Kier molecular flexibility index (Phi) is 6.52. The van der Waals surface area contributed by atoms with Crippen LogP contribution in [0, 0.1) is 0 Å². The first-order chi connectivity index (χ1) is 13.8. The molecule has 0 aliphatic carbocycles. The van der Waals surface area contributed by atoms with Gasteiger partial charge in [0.2, 0.25) is 5.91 Å². The highest BCUT2D eigenvalue weighted by Gasteiger charge is 2.24. The van der Waals surface area contributed by atoms with Crippen LogP contribution in [0.4, 0.5) is 5.13 Å². The van der Waals surface area contributed by atoms with Gasteiger partial charge in [-0.15, -0.1) is 22.7 Å². The fourth-order valence-electron chi connectivity index (χ4n) is 2.47. The fourth-order valence-corrected chi connectivity index (χ4v) is 5.53. The lowest BCUT2D eigenvalue weighted by Gasteiger charge is -2.15. The molecular weight excluding hydrogens is 434 g/mol. The number of hydrogen-bond donors (Lipinski definition) is 1. The Morgan fingerprint density at radius 2 is 1.93 bits per heavy atom. The number of anilines is 1. The lowest BCUT2D eigenvalue weighted by atomic mass is 10.1. The first kappa shape index (κ1) is 21.2. The molecular formula is C18H19N3O5S3. The standard InChI is InChI=1S/C18H19N3O5S3/c1-21(29(23,24)17-5-4-8-27-17)10-16(22)20-18-19-13(11-28-18)12-6-7-14(25-2)15(9-12)26-3/h4-9,11H,10H2,1-3H3,(H,19,20,22). The number of carbonyl (C=O) groups is 1. The summed E-state index contributed by atoms with van der Waals surface area (Å²) in [6.07, 6.45) is 0. The maximum absolute atomic E-state index is 12.4. The summed E-state index contributed by atoms with van der Waals surface area (Å²) in [5, 5.41) is 6.49. The number of amides is 1. The summed E-state index contributed by atoms with van der Waals surface area (Å²) in [5.41, 5.74) is 1.46. The number of thiophene rings is 1. The Balaban J connectivity index is 1.68. The number of ether oxygens (including phenoxy) is 2. The molecule has 11 heteroatoms. The van der Waals surface area contributed by atoms with Gasteiger partial charge in [0, 0.05) is 18.0 Å². The van der Waals surface area contributed by atoms with E-state index in [4.69, 9.17) is 9.47 Å². The van der Waals surface area contributed by atoms with E-state index in [1.165, 1.54) is 24.5 Å². The van der Waals surface area contributed by atoms with E-state index in [0.29, 0.717) is 22.3 Å². The number of aromatic nitrogens is 1. The number of nitrogens with zero attached hydrogens (tertiary/aromatic N) is 2. The molecule has 2 heterocycles. The first-order valence-electron chi connectivity index (χ1n) is 8.32. The van der Waals surface area contributed by atoms with Gasteiger partial charge in [0.25, 0.3) is 10.0 Å². The van der Waals surface area contributed by atoms with Crippen LogP contribution in [-0.4, -0.2) is 51.4 Å². The summed E-state index contributed by atoms with van der Waals surface area (Å²) in [7, 11) is 0.790. The summed E-state index contributed by atoms with van der Waals surface area (Å²) in [6.45, 7) is -0.314. The van der Waals surface area contributed by atoms with Crippen LogP contribution in [0.1, 0.15) is 0 Å². The monoisotopic (exact) mass is 453 g/mol. The van der Waals surface area contributed by atoms with Crippen LogP contribution in [0.2, 0.25) is 0 Å². The molecule has 0 saturated heterocycles. The lowest BCUT2D eigenvalue weighted by molar-refractivity contribution is -0.116. The molecule has 0 aliphatic heterocycles. The van der Waals surface area contributed by atoms with Crippen molar-refractivity contribution in [2.24, 2.45) is 0 Å². The maximum Gasteiger partial charge on any atom is 0.252 e. The van der Waals surface area contributed by atoms with Gasteiger partial charge in [-0.2, -0.15) is 4.31 Å². The fraction of sp³-hybridized carbons (Fsp3) is 0.222. The van der Waals surface area contributed by atoms with Crippen LogP contribution in [0.15, 0.2) is 45.3 Å². The third kappa shape index (κ3) is 4.75. The number of hydrogen-bond acceptors (Lipinski definition) is 8. The third-order valence-electron chi connectivity index (χ3n) is 3.96. The van der Waals surface area contributed by atoms with E-state index in [0.717, 1.165) is 21.2 Å². The normalized spacial score (nSPS) is 11.4. The van der Waals surface area contributed by atoms with Gasteiger partial charge in [-0.05, 0) is 29.6 Å². The van der Waals surface area contributed by atoms with Crippen LogP contribution >= 0.6 is 22.7 Å². The van der Waals surface area contributed by atoms with Crippen molar-refractivity contribution in [2.75, 3.05) is 33.1 Å². The number of carbonyl (C=O) groups excluding carboxylic acids is 1. The molecule has 0 atom stereocenters. The molecule has 3 rings (SSSR count). The molecule has 0 spiro atoms. The van der Waals surface area contributed by atoms with Crippen molar-refractivity contribution in [3.63, 3.8) is 0 Å². The van der Waals surface area contributed by atoms with E-state index in [9.17, 15) is 13.2 Å². The molecule has 0 aliphatic rings. The number of sulfonamides is 1. The Labute approximate surface area is 176 Å². The summed E-state index contributed by atoms with van der Waals surface area (Å²) in [6, 6.07) is 8.56. The summed E-state index contributed by atoms with van der Waals surface area (Å²) < 4.78 is 36.5. The maximum atomic E-state index is 12.4. The first-order valence-corrected chi connectivity index (χ1v) is 11.5. The molecule has 0 saturated carbocycles. The van der Waals surface area contributed by atoms with Gasteiger partial charge in [0.05, 0.1) is 26.5 Å². The van der Waals surface area contributed by atoms with Crippen molar-refractivity contribution >= 4 is 43.7 Å². The van der Waals surface area contributed by atoms with Crippen molar-refractivity contribution in [1.29, 1.82) is 0 Å². The van der Waals surface area contributed by atoms with E-state index >= 15 is 0 Å². The van der Waals surface area contributed by atoms with Gasteiger partial charge >= 0.3 is 0 Å². The molecule has 1 amide bonds. The summed E-state index contributed by atoms with van der Waals surface area (Å²) in [4.78, 5) is 16.7. The van der Waals surface area contributed by atoms with E-state index in [1.54, 1.807) is 43.2 Å². The molecule has 2 aromatic heterocycles. The van der Waals surface area contributed by atoms with Gasteiger partial charge in [-0.3, -0.25) is 4.79 Å². The van der Waals surface area contributed by atoms with E-state index in [2.05, 4.69) is 10.3 Å². The molecule has 0 radical (unpaired) electrons. The van der Waals surface area contributed by atoms with Crippen LogP contribution in [0.5, 0.6) is 11.5 Å². The average Bonchev–Trinajstić information content (AvgIpc) is 3.39. The number of nitrogens with one attached hydrogen (secondary N) is 1. The zero-order valence-corrected chi connectivity index (χ0v) is 18.4. The van der Waals surface area contributed by atoms with Gasteiger partial charge in [-0.1, -0.05) is 6.07 Å². The number of likely N-dealkylation sites (N-methyl/N-ethyl adjacent to an activating group) is 1. The largest absolute Gasteiger partial charge is 0.493 e. The molecule has 3 aromatic rings. The molecule has 0 unspecified atom stereocenters. The Morgan fingerprint density at radius 1 is 1.17 bits per heavy atom. The molecule has 29 heavy (non-hydrogen) atoms. The average molecular weight is 454 g/mol. The minimum absolute atomic E-state index is 0.192. The number of thiazole rings is 1. The van der Waals surface area contributed by atoms with Crippen LogP contribution in [-0.2, 0) is 14.8 Å². The number of rotatable bonds is 8. The molecule has 1 aromatic carbocycles. The molecule has 8 nitrogen and oxygen atoms in total. The minimum atomic E-state index is -3.69. The second-order valence-corrected chi connectivity index (χ2v) is 9.93. The Hall–Kier alpha value is -2.47. The third-order valence-corrected chi connectivity index (χ3v) is 7.89. The van der Waals surface area contributed by atoms with Crippen molar-refractivity contribution in [1.82, 2.24) is 9.29 Å². The zero-order valence-electron chi connectivity index (χ0n) is 15.9. The van der Waals surface area contributed by atoms with Gasteiger partial charge in [-0.25, -0.2) is 13.4 Å². The van der Waals surface area contributed by atoms with Crippen LogP contribution in [0.25, 0.3) is 11.3 Å². The second kappa shape index (κ2) is 8.91. The molecule has 1 N–H and O–H groups in total. The summed E-state index contributed by atoms with van der Waals surface area (Å²) >= 11 is 2.35. The highest BCUT2D eigenvalue weighted by molar-refractivity contribution is 7.91. The topological polar surface area (TPSA) is 97.8 Å². The molecule has 0 bridgehead atoms. The Morgan fingerprint density at radius 3 is 2.59 bits per heavy atom. The second-order valence-electron chi connectivity index (χ2n) is 5.85. The number of methoxy groups -OCH3 is 2. The predicted molar refractivity (Wildman–Crippen MR) is 113 cm³/mol. The highest BCUT2D eigenvalue weighted by Crippen LogP contribution is 2.33. The Bertz CT molecular complexity index is 1090. The lowest BCUT2D eigenvalue weighted by Crippen LogP contribution is -2.34. The van der Waals surface area contributed by atoms with E-state index in [1.807, 2.05) is 6.07 Å². The smallest absolute Gasteiger partial charge is 0.252 e. The van der Waals surface area contributed by atoms with Crippen LogP contribution < -0.4 is 14.8 Å². The van der Waals surface area contributed by atoms with Crippen molar-refractivity contribution in [3.8, 4) is 22.8 Å². The van der Waals surface area contributed by atoms with Gasteiger partial charge in [0.1, 0.15) is 4.21 Å². The van der Waals surface area contributed by atoms with Gasteiger partial charge < -0.3 is 14.8 Å². The minimum Gasteiger partial charge on any atom is -0.493 e. The van der Waals surface area contributed by atoms with E-state index in [-0.39, 0.29) is 10.8 Å². The van der Waals surface area contributed by atoms with Crippen molar-refractivity contribution in [2.45, 2.75) is 4.21 Å². The van der Waals surface area contributed by atoms with E-state index < -0.39 is 15.9 Å². The molecule has 154 valence electrons. The van der Waals surface area contributed by atoms with Crippen molar-refractivity contribution in [3.05, 3.63) is 41.1 Å². The number of benzene rings is 1. The predicted octanol–water partition coefficient (Wildman–Crippen LogP) is 3.15. The summed E-state index contributed by atoms with van der Waals surface area (Å²) in [5.74, 6) is 0.708. The van der Waals surface area contributed by atoms with Gasteiger partial charge in [0.15, 0.2) is 16.6 Å². The highest BCUT2D eigenvalue weighted by atomic mass is 32.2. The SMILES string of the molecule is COc1ccc(-c2csc(NC(=O)CN(C)S(=O)(=O)c3cccs3)n2)cc1OC. The molecule has 0 fully saturated rings. The van der Waals surface area contributed by atoms with Crippen molar-refractivity contribution < 1.29 is 22.7 Å². The quantitative estimate of drug-likeness (QED) is 0.563. The van der Waals surface area contributed by atoms with Crippen LogP contribution in [0.3, 0.4) is 0 Å².